The lowest BCUT2D eigenvalue weighted by molar-refractivity contribution is -0.158. The van der Waals surface area contributed by atoms with Gasteiger partial charge in [-0.1, -0.05) is 38.7 Å². The minimum absolute atomic E-state index is 0.103. The molecule has 0 aliphatic heterocycles. The standard InChI is InChI=1S/C14H28O2/c1-5-9-10-11-12-13(6-2)14(15-7-3)16-8-4/h6,13-14H,2,5,7-12H2,1,3-4H3. The largest absolute Gasteiger partial charge is 0.352 e. The summed E-state index contributed by atoms with van der Waals surface area (Å²) in [5.41, 5.74) is 0. The maximum absolute atomic E-state index is 5.60. The van der Waals surface area contributed by atoms with E-state index in [1.54, 1.807) is 0 Å². The summed E-state index contributed by atoms with van der Waals surface area (Å²) in [4.78, 5) is 0. The first-order valence-corrected chi connectivity index (χ1v) is 6.65. The lowest BCUT2D eigenvalue weighted by Gasteiger charge is -2.24. The van der Waals surface area contributed by atoms with Crippen LogP contribution in [0.3, 0.4) is 0 Å². The summed E-state index contributed by atoms with van der Waals surface area (Å²) < 4.78 is 11.2. The predicted octanol–water partition coefficient (Wildman–Crippen LogP) is 4.16. The van der Waals surface area contributed by atoms with Crippen molar-refractivity contribution in [2.75, 3.05) is 13.2 Å². The molecule has 0 radical (unpaired) electrons. The minimum atomic E-state index is -0.103. The van der Waals surface area contributed by atoms with Crippen molar-refractivity contribution in [2.45, 2.75) is 59.2 Å². The van der Waals surface area contributed by atoms with Crippen LogP contribution in [0.1, 0.15) is 52.9 Å². The van der Waals surface area contributed by atoms with E-state index in [2.05, 4.69) is 13.5 Å². The molecule has 1 atom stereocenters. The number of ether oxygens (including phenoxy) is 2. The fourth-order valence-electron chi connectivity index (χ4n) is 1.80. The number of unbranched alkanes of at least 4 members (excludes halogenated alkanes) is 3. The van der Waals surface area contributed by atoms with Crippen LogP contribution >= 0.6 is 0 Å². The Morgan fingerprint density at radius 2 is 1.62 bits per heavy atom. The van der Waals surface area contributed by atoms with Crippen molar-refractivity contribution in [3.8, 4) is 0 Å². The van der Waals surface area contributed by atoms with Crippen LogP contribution in [0.2, 0.25) is 0 Å². The molecule has 0 aliphatic carbocycles. The average Bonchev–Trinajstić information content (AvgIpc) is 2.29. The van der Waals surface area contributed by atoms with Crippen molar-refractivity contribution in [1.82, 2.24) is 0 Å². The third kappa shape index (κ3) is 7.02. The average molecular weight is 228 g/mol. The molecule has 2 heteroatoms. The Bertz CT molecular complexity index is 151. The molecule has 0 aromatic carbocycles. The monoisotopic (exact) mass is 228 g/mol. The smallest absolute Gasteiger partial charge is 0.163 e. The topological polar surface area (TPSA) is 18.5 Å². The second-order valence-electron chi connectivity index (χ2n) is 4.03. The van der Waals surface area contributed by atoms with Gasteiger partial charge in [0.05, 0.1) is 0 Å². The first-order valence-electron chi connectivity index (χ1n) is 6.65. The molecular weight excluding hydrogens is 200 g/mol. The van der Waals surface area contributed by atoms with Gasteiger partial charge in [-0.05, 0) is 20.3 Å². The van der Waals surface area contributed by atoms with E-state index in [4.69, 9.17) is 9.47 Å². The summed E-state index contributed by atoms with van der Waals surface area (Å²) in [6, 6.07) is 0. The number of hydrogen-bond donors (Lipinski definition) is 0. The molecule has 16 heavy (non-hydrogen) atoms. The molecule has 0 aromatic rings. The van der Waals surface area contributed by atoms with Crippen LogP contribution in [-0.4, -0.2) is 19.5 Å². The second kappa shape index (κ2) is 11.2. The lowest BCUT2D eigenvalue weighted by atomic mass is 10.00. The Balaban J connectivity index is 3.93. The highest BCUT2D eigenvalue weighted by molar-refractivity contribution is 4.81. The molecule has 0 fully saturated rings. The summed E-state index contributed by atoms with van der Waals surface area (Å²) in [7, 11) is 0. The zero-order valence-corrected chi connectivity index (χ0v) is 11.2. The molecule has 0 bridgehead atoms. The Kier molecular flexibility index (Phi) is 10.9. The number of hydrogen-bond acceptors (Lipinski definition) is 2. The molecule has 0 rings (SSSR count). The highest BCUT2D eigenvalue weighted by atomic mass is 16.7. The maximum Gasteiger partial charge on any atom is 0.163 e. The van der Waals surface area contributed by atoms with E-state index >= 15 is 0 Å². The molecule has 0 amide bonds. The van der Waals surface area contributed by atoms with E-state index < -0.39 is 0 Å². The van der Waals surface area contributed by atoms with E-state index in [-0.39, 0.29) is 6.29 Å². The third-order valence-corrected chi connectivity index (χ3v) is 2.71. The van der Waals surface area contributed by atoms with Gasteiger partial charge in [-0.25, -0.2) is 0 Å². The highest BCUT2D eigenvalue weighted by Crippen LogP contribution is 2.19. The van der Waals surface area contributed by atoms with Gasteiger partial charge in [0, 0.05) is 19.1 Å². The second-order valence-corrected chi connectivity index (χ2v) is 4.03. The normalized spacial score (nSPS) is 13.0. The molecular formula is C14H28O2. The first-order chi connectivity index (χ1) is 7.79. The molecule has 0 saturated carbocycles. The molecule has 96 valence electrons. The molecule has 2 nitrogen and oxygen atoms in total. The van der Waals surface area contributed by atoms with Gasteiger partial charge in [0.25, 0.3) is 0 Å². The van der Waals surface area contributed by atoms with Crippen LogP contribution in [0.25, 0.3) is 0 Å². The van der Waals surface area contributed by atoms with Crippen molar-refractivity contribution < 1.29 is 9.47 Å². The first kappa shape index (κ1) is 15.7. The van der Waals surface area contributed by atoms with Crippen molar-refractivity contribution in [2.24, 2.45) is 5.92 Å². The Morgan fingerprint density at radius 1 is 1.00 bits per heavy atom. The molecule has 0 aliphatic rings. The van der Waals surface area contributed by atoms with E-state index in [0.29, 0.717) is 19.1 Å². The van der Waals surface area contributed by atoms with Gasteiger partial charge >= 0.3 is 0 Å². The van der Waals surface area contributed by atoms with Gasteiger partial charge in [-0.15, -0.1) is 6.58 Å². The van der Waals surface area contributed by atoms with E-state index in [0.717, 1.165) is 6.42 Å². The minimum Gasteiger partial charge on any atom is -0.352 e. The van der Waals surface area contributed by atoms with Crippen LogP contribution in [0.15, 0.2) is 12.7 Å². The van der Waals surface area contributed by atoms with Crippen LogP contribution in [-0.2, 0) is 9.47 Å². The molecule has 0 heterocycles. The maximum atomic E-state index is 5.60. The fraction of sp³-hybridized carbons (Fsp3) is 0.857. The van der Waals surface area contributed by atoms with Gasteiger partial charge in [0.15, 0.2) is 6.29 Å². The third-order valence-electron chi connectivity index (χ3n) is 2.71. The molecule has 0 saturated heterocycles. The van der Waals surface area contributed by atoms with Crippen molar-refractivity contribution in [1.29, 1.82) is 0 Å². The fourth-order valence-corrected chi connectivity index (χ4v) is 1.80. The van der Waals surface area contributed by atoms with Crippen LogP contribution in [0, 0.1) is 5.92 Å². The van der Waals surface area contributed by atoms with Gasteiger partial charge < -0.3 is 9.47 Å². The van der Waals surface area contributed by atoms with Crippen molar-refractivity contribution in [3.05, 3.63) is 12.7 Å². The van der Waals surface area contributed by atoms with Gasteiger partial charge in [0.2, 0.25) is 0 Å². The Hall–Kier alpha value is -0.340. The van der Waals surface area contributed by atoms with E-state index in [9.17, 15) is 0 Å². The summed E-state index contributed by atoms with van der Waals surface area (Å²) in [5.74, 6) is 0.330. The molecule has 0 aromatic heterocycles. The van der Waals surface area contributed by atoms with Gasteiger partial charge in [-0.3, -0.25) is 0 Å². The van der Waals surface area contributed by atoms with Crippen LogP contribution < -0.4 is 0 Å². The lowest BCUT2D eigenvalue weighted by Crippen LogP contribution is -2.26. The summed E-state index contributed by atoms with van der Waals surface area (Å²) >= 11 is 0. The quantitative estimate of drug-likeness (QED) is 0.300. The predicted molar refractivity (Wildman–Crippen MR) is 69.5 cm³/mol. The number of rotatable bonds is 11. The summed E-state index contributed by atoms with van der Waals surface area (Å²) in [6.07, 6.45) is 8.12. The van der Waals surface area contributed by atoms with Gasteiger partial charge in [0.1, 0.15) is 0 Å². The Labute approximate surface area is 101 Å². The van der Waals surface area contributed by atoms with E-state index in [1.165, 1.54) is 25.7 Å². The van der Waals surface area contributed by atoms with Gasteiger partial charge in [-0.2, -0.15) is 0 Å². The van der Waals surface area contributed by atoms with Crippen LogP contribution in [0.4, 0.5) is 0 Å². The van der Waals surface area contributed by atoms with E-state index in [1.807, 2.05) is 19.9 Å². The molecule has 1 unspecified atom stereocenters. The zero-order chi connectivity index (χ0) is 12.2. The SMILES string of the molecule is C=CC(CCCCCC)C(OCC)OCC. The van der Waals surface area contributed by atoms with Crippen LogP contribution in [0.5, 0.6) is 0 Å². The summed E-state index contributed by atoms with van der Waals surface area (Å²) in [5, 5.41) is 0. The highest BCUT2D eigenvalue weighted by Gasteiger charge is 2.18. The van der Waals surface area contributed by atoms with Crippen molar-refractivity contribution in [3.63, 3.8) is 0 Å². The molecule has 0 N–H and O–H groups in total. The van der Waals surface area contributed by atoms with Crippen molar-refractivity contribution >= 4 is 0 Å². The Morgan fingerprint density at radius 3 is 2.06 bits per heavy atom. The summed E-state index contributed by atoms with van der Waals surface area (Å²) in [6.45, 7) is 11.5. The molecule has 0 spiro atoms. The zero-order valence-electron chi connectivity index (χ0n) is 11.2.